The van der Waals surface area contributed by atoms with Gasteiger partial charge in [-0.25, -0.2) is 9.37 Å². The minimum Gasteiger partial charge on any atom is -0.301 e. The average molecular weight is 316 g/mol. The van der Waals surface area contributed by atoms with Gasteiger partial charge in [0.25, 0.3) is 0 Å². The molecule has 1 aromatic carbocycles. The van der Waals surface area contributed by atoms with Crippen LogP contribution in [0.15, 0.2) is 29.6 Å². The van der Waals surface area contributed by atoms with Crippen molar-refractivity contribution in [3.05, 3.63) is 46.7 Å². The Morgan fingerprint density at radius 3 is 2.59 bits per heavy atom. The number of rotatable bonds is 4. The molecule has 0 spiro atoms. The lowest BCUT2D eigenvalue weighted by Gasteiger charge is -2.40. The average Bonchev–Trinajstić information content (AvgIpc) is 3.21. The van der Waals surface area contributed by atoms with Gasteiger partial charge in [-0.05, 0) is 43.4 Å². The largest absolute Gasteiger partial charge is 0.301 e. The summed E-state index contributed by atoms with van der Waals surface area (Å²) in [6.07, 6.45) is 5.06. The van der Waals surface area contributed by atoms with Crippen molar-refractivity contribution >= 4 is 22.4 Å². The third-order valence-corrected chi connectivity index (χ3v) is 5.55. The molecule has 2 aliphatic rings. The van der Waals surface area contributed by atoms with Crippen LogP contribution in [0.1, 0.15) is 49.3 Å². The summed E-state index contributed by atoms with van der Waals surface area (Å²) < 4.78 is 13.1. The molecular weight excluding hydrogens is 299 g/mol. The zero-order chi connectivity index (χ0) is 15.2. The fourth-order valence-electron chi connectivity index (χ4n) is 3.07. The monoisotopic (exact) mass is 316 g/mol. The summed E-state index contributed by atoms with van der Waals surface area (Å²) in [7, 11) is 0. The first kappa shape index (κ1) is 13.9. The molecular formula is C17H17FN2OS. The van der Waals surface area contributed by atoms with Gasteiger partial charge in [-0.15, -0.1) is 11.3 Å². The number of nitrogens with zero attached hydrogens (tertiary/aromatic N) is 1. The van der Waals surface area contributed by atoms with Gasteiger partial charge in [0.1, 0.15) is 5.82 Å². The molecule has 0 unspecified atom stereocenters. The topological polar surface area (TPSA) is 42.0 Å². The molecule has 2 aliphatic carbocycles. The van der Waals surface area contributed by atoms with Crippen LogP contribution < -0.4 is 5.32 Å². The van der Waals surface area contributed by atoms with Crippen molar-refractivity contribution in [1.29, 1.82) is 0 Å². The summed E-state index contributed by atoms with van der Waals surface area (Å²) in [4.78, 5) is 17.3. The molecule has 0 atom stereocenters. The SMILES string of the molecule is O=C(Nc1nc(C2CC2)cs1)C1(c2ccc(F)cc2)CCC1. The van der Waals surface area contributed by atoms with Crippen LogP contribution in [0.4, 0.5) is 9.52 Å². The molecule has 2 fully saturated rings. The van der Waals surface area contributed by atoms with Gasteiger partial charge in [0.2, 0.25) is 5.91 Å². The van der Waals surface area contributed by atoms with Crippen LogP contribution in [0.2, 0.25) is 0 Å². The minimum absolute atomic E-state index is 0.0120. The zero-order valence-electron chi connectivity index (χ0n) is 12.1. The standard InChI is InChI=1S/C17H17FN2OS/c18-13-6-4-12(5-7-13)17(8-1-9-17)15(21)20-16-19-14(10-22-16)11-2-3-11/h4-7,10-11H,1-3,8-9H2,(H,19,20,21). The quantitative estimate of drug-likeness (QED) is 0.917. The number of aromatic nitrogens is 1. The van der Waals surface area contributed by atoms with E-state index in [1.54, 1.807) is 12.1 Å². The number of benzene rings is 1. The predicted octanol–water partition coefficient (Wildman–Crippen LogP) is 4.22. The highest BCUT2D eigenvalue weighted by Crippen LogP contribution is 2.45. The van der Waals surface area contributed by atoms with Crippen LogP contribution in [0.3, 0.4) is 0 Å². The van der Waals surface area contributed by atoms with Crippen LogP contribution in [0.5, 0.6) is 0 Å². The van der Waals surface area contributed by atoms with E-state index in [0.29, 0.717) is 11.0 Å². The van der Waals surface area contributed by atoms with Crippen molar-refractivity contribution in [3.8, 4) is 0 Å². The van der Waals surface area contributed by atoms with Gasteiger partial charge >= 0.3 is 0 Å². The number of carbonyl (C=O) groups is 1. The Bertz CT molecular complexity index is 702. The van der Waals surface area contributed by atoms with Crippen molar-refractivity contribution in [3.63, 3.8) is 0 Å². The summed E-state index contributed by atoms with van der Waals surface area (Å²) in [6, 6.07) is 6.31. The Morgan fingerprint density at radius 2 is 2.00 bits per heavy atom. The van der Waals surface area contributed by atoms with Gasteiger partial charge in [0, 0.05) is 11.3 Å². The van der Waals surface area contributed by atoms with Crippen molar-refractivity contribution < 1.29 is 9.18 Å². The van der Waals surface area contributed by atoms with Crippen molar-refractivity contribution in [2.45, 2.75) is 43.4 Å². The first-order chi connectivity index (χ1) is 10.7. The van der Waals surface area contributed by atoms with E-state index in [4.69, 9.17) is 0 Å². The molecule has 5 heteroatoms. The lowest BCUT2D eigenvalue weighted by Crippen LogP contribution is -2.46. The maximum atomic E-state index is 13.1. The van der Waals surface area contributed by atoms with Gasteiger partial charge in [-0.3, -0.25) is 4.79 Å². The molecule has 0 saturated heterocycles. The number of anilines is 1. The molecule has 1 aromatic heterocycles. The van der Waals surface area contributed by atoms with Crippen LogP contribution in [0.25, 0.3) is 0 Å². The van der Waals surface area contributed by atoms with E-state index in [9.17, 15) is 9.18 Å². The Labute approximate surface area is 132 Å². The van der Waals surface area contributed by atoms with E-state index in [1.807, 2.05) is 5.38 Å². The molecule has 0 radical (unpaired) electrons. The van der Waals surface area contributed by atoms with Gasteiger partial charge in [-0.1, -0.05) is 18.6 Å². The molecule has 114 valence electrons. The molecule has 0 bridgehead atoms. The third kappa shape index (κ3) is 2.33. The lowest BCUT2D eigenvalue weighted by molar-refractivity contribution is -0.124. The minimum atomic E-state index is -0.515. The van der Waals surface area contributed by atoms with E-state index >= 15 is 0 Å². The number of nitrogens with one attached hydrogen (secondary N) is 1. The first-order valence-electron chi connectivity index (χ1n) is 7.70. The van der Waals surface area contributed by atoms with Crippen LogP contribution in [-0.4, -0.2) is 10.9 Å². The molecule has 1 N–H and O–H groups in total. The first-order valence-corrected chi connectivity index (χ1v) is 8.58. The number of hydrogen-bond donors (Lipinski definition) is 1. The molecule has 4 rings (SSSR count). The highest BCUT2D eigenvalue weighted by atomic mass is 32.1. The summed E-state index contributed by atoms with van der Waals surface area (Å²) in [5.41, 5.74) is 1.49. The molecule has 1 heterocycles. The normalized spacial score (nSPS) is 19.5. The fraction of sp³-hybridized carbons (Fsp3) is 0.412. The Balaban J connectivity index is 1.55. The molecule has 3 nitrogen and oxygen atoms in total. The molecule has 1 amide bonds. The maximum absolute atomic E-state index is 13.1. The summed E-state index contributed by atoms with van der Waals surface area (Å²) >= 11 is 1.49. The lowest BCUT2D eigenvalue weighted by atomic mass is 9.64. The molecule has 22 heavy (non-hydrogen) atoms. The van der Waals surface area contributed by atoms with Gasteiger partial charge in [0.05, 0.1) is 11.1 Å². The van der Waals surface area contributed by atoms with E-state index in [2.05, 4.69) is 10.3 Å². The zero-order valence-corrected chi connectivity index (χ0v) is 13.0. The van der Waals surface area contributed by atoms with E-state index < -0.39 is 5.41 Å². The number of thiazole rings is 1. The van der Waals surface area contributed by atoms with Crippen LogP contribution in [-0.2, 0) is 10.2 Å². The van der Waals surface area contributed by atoms with Crippen molar-refractivity contribution in [2.75, 3.05) is 5.32 Å². The third-order valence-electron chi connectivity index (χ3n) is 4.78. The highest BCUT2D eigenvalue weighted by Gasteiger charge is 2.45. The number of halogens is 1. The summed E-state index contributed by atoms with van der Waals surface area (Å²) in [5.74, 6) is 0.311. The molecule has 2 aromatic rings. The van der Waals surface area contributed by atoms with Gasteiger partial charge in [0.15, 0.2) is 5.13 Å². The summed E-state index contributed by atoms with van der Waals surface area (Å²) in [5, 5.41) is 5.70. The molecule has 2 saturated carbocycles. The fourth-order valence-corrected chi connectivity index (χ4v) is 3.86. The predicted molar refractivity (Wildman–Crippen MR) is 84.6 cm³/mol. The second-order valence-corrected chi connectivity index (χ2v) is 7.11. The Morgan fingerprint density at radius 1 is 1.27 bits per heavy atom. The second-order valence-electron chi connectivity index (χ2n) is 6.25. The molecule has 0 aliphatic heterocycles. The van der Waals surface area contributed by atoms with Gasteiger partial charge < -0.3 is 5.32 Å². The summed E-state index contributed by atoms with van der Waals surface area (Å²) in [6.45, 7) is 0. The van der Waals surface area contributed by atoms with Gasteiger partial charge in [-0.2, -0.15) is 0 Å². The maximum Gasteiger partial charge on any atom is 0.236 e. The number of carbonyl (C=O) groups excluding carboxylic acids is 1. The number of amides is 1. The van der Waals surface area contributed by atoms with E-state index in [-0.39, 0.29) is 11.7 Å². The Kier molecular flexibility index (Phi) is 3.26. The highest BCUT2D eigenvalue weighted by molar-refractivity contribution is 7.14. The second kappa shape index (κ2) is 5.16. The van der Waals surface area contributed by atoms with Crippen LogP contribution in [0, 0.1) is 5.82 Å². The van der Waals surface area contributed by atoms with E-state index in [0.717, 1.165) is 30.5 Å². The Hall–Kier alpha value is -1.75. The van der Waals surface area contributed by atoms with Crippen LogP contribution >= 0.6 is 11.3 Å². The number of hydrogen-bond acceptors (Lipinski definition) is 3. The van der Waals surface area contributed by atoms with Crippen molar-refractivity contribution in [2.24, 2.45) is 0 Å². The van der Waals surface area contributed by atoms with Crippen molar-refractivity contribution in [1.82, 2.24) is 4.98 Å². The van der Waals surface area contributed by atoms with E-state index in [1.165, 1.54) is 36.3 Å². The smallest absolute Gasteiger partial charge is 0.236 e.